The Balaban J connectivity index is 0.00000312. The summed E-state index contributed by atoms with van der Waals surface area (Å²) in [6, 6.07) is 2.47. The van der Waals surface area contributed by atoms with Gasteiger partial charge < -0.3 is 15.5 Å². The third-order valence-corrected chi connectivity index (χ3v) is 4.45. The van der Waals surface area contributed by atoms with Gasteiger partial charge in [0.2, 0.25) is 11.8 Å². The highest BCUT2D eigenvalue weighted by atomic mass is 35.5. The summed E-state index contributed by atoms with van der Waals surface area (Å²) in [5.74, 6) is -2.02. The van der Waals surface area contributed by atoms with E-state index in [4.69, 9.17) is 0 Å². The minimum absolute atomic E-state index is 0. The van der Waals surface area contributed by atoms with Crippen LogP contribution in [0.5, 0.6) is 0 Å². The van der Waals surface area contributed by atoms with E-state index in [1.165, 1.54) is 13.0 Å². The lowest BCUT2D eigenvalue weighted by Crippen LogP contribution is -2.57. The van der Waals surface area contributed by atoms with Crippen LogP contribution in [0.3, 0.4) is 0 Å². The third-order valence-electron chi connectivity index (χ3n) is 4.45. The van der Waals surface area contributed by atoms with Crippen LogP contribution in [0.25, 0.3) is 0 Å². The molecular formula is C17H24ClF2N3O2. The van der Waals surface area contributed by atoms with Gasteiger partial charge in [0.1, 0.15) is 11.6 Å². The van der Waals surface area contributed by atoms with Crippen molar-refractivity contribution in [3.05, 3.63) is 35.4 Å². The Kier molecular flexibility index (Phi) is 7.76. The SMILES string of the molecule is CC(=O)NC(CC(=O)N1CCNC(C)C1C)c1ccc(F)cc1F.Cl. The molecule has 0 radical (unpaired) electrons. The number of halogens is 3. The lowest BCUT2D eigenvalue weighted by Gasteiger charge is -2.39. The highest BCUT2D eigenvalue weighted by Gasteiger charge is 2.30. The van der Waals surface area contributed by atoms with Crippen molar-refractivity contribution in [3.63, 3.8) is 0 Å². The maximum Gasteiger partial charge on any atom is 0.225 e. The summed E-state index contributed by atoms with van der Waals surface area (Å²) < 4.78 is 27.2. The monoisotopic (exact) mass is 375 g/mol. The van der Waals surface area contributed by atoms with Gasteiger partial charge in [0.15, 0.2) is 0 Å². The topological polar surface area (TPSA) is 61.4 Å². The molecule has 3 unspecified atom stereocenters. The van der Waals surface area contributed by atoms with Crippen molar-refractivity contribution in [2.45, 2.75) is 45.3 Å². The van der Waals surface area contributed by atoms with Crippen LogP contribution in [-0.4, -0.2) is 41.9 Å². The maximum absolute atomic E-state index is 14.1. The maximum atomic E-state index is 14.1. The zero-order valence-electron chi connectivity index (χ0n) is 14.5. The second kappa shape index (κ2) is 9.10. The van der Waals surface area contributed by atoms with E-state index in [1.54, 1.807) is 4.90 Å². The summed E-state index contributed by atoms with van der Waals surface area (Å²) in [6.07, 6.45) is -0.0702. The molecule has 0 aromatic heterocycles. The smallest absolute Gasteiger partial charge is 0.225 e. The summed E-state index contributed by atoms with van der Waals surface area (Å²) in [5.41, 5.74) is 0.107. The van der Waals surface area contributed by atoms with E-state index in [1.807, 2.05) is 13.8 Å². The fourth-order valence-electron chi connectivity index (χ4n) is 2.97. The predicted molar refractivity (Wildman–Crippen MR) is 93.4 cm³/mol. The molecule has 5 nitrogen and oxygen atoms in total. The Morgan fingerprint density at radius 3 is 2.64 bits per heavy atom. The number of rotatable bonds is 4. The van der Waals surface area contributed by atoms with Crippen LogP contribution in [-0.2, 0) is 9.59 Å². The quantitative estimate of drug-likeness (QED) is 0.847. The minimum Gasteiger partial charge on any atom is -0.349 e. The first-order chi connectivity index (χ1) is 11.3. The fourth-order valence-corrected chi connectivity index (χ4v) is 2.97. The number of piperazine rings is 1. The fraction of sp³-hybridized carbons (Fsp3) is 0.529. The molecule has 0 aliphatic carbocycles. The number of hydrogen-bond acceptors (Lipinski definition) is 3. The summed E-state index contributed by atoms with van der Waals surface area (Å²) in [7, 11) is 0. The molecule has 0 spiro atoms. The van der Waals surface area contributed by atoms with Crippen molar-refractivity contribution in [3.8, 4) is 0 Å². The first kappa shape index (κ1) is 21.3. The average molecular weight is 376 g/mol. The standard InChI is InChI=1S/C17H23F2N3O2.ClH/c1-10-11(2)22(7-6-20-10)17(24)9-16(21-12(3)23)14-5-4-13(18)8-15(14)19;/h4-5,8,10-11,16,20H,6-7,9H2,1-3H3,(H,21,23);1H. The highest BCUT2D eigenvalue weighted by molar-refractivity contribution is 5.85. The van der Waals surface area contributed by atoms with Gasteiger partial charge >= 0.3 is 0 Å². The molecule has 1 heterocycles. The number of nitrogens with zero attached hydrogens (tertiary/aromatic N) is 1. The van der Waals surface area contributed by atoms with Crippen LogP contribution in [0.1, 0.15) is 38.8 Å². The van der Waals surface area contributed by atoms with Crippen molar-refractivity contribution in [1.82, 2.24) is 15.5 Å². The van der Waals surface area contributed by atoms with Gasteiger partial charge in [0, 0.05) is 43.7 Å². The minimum atomic E-state index is -0.826. The number of nitrogens with one attached hydrogen (secondary N) is 2. The van der Waals surface area contributed by atoms with Gasteiger partial charge in [-0.25, -0.2) is 8.78 Å². The summed E-state index contributed by atoms with van der Waals surface area (Å²) in [4.78, 5) is 25.8. The summed E-state index contributed by atoms with van der Waals surface area (Å²) >= 11 is 0. The molecule has 1 fully saturated rings. The van der Waals surface area contributed by atoms with Gasteiger partial charge in [-0.1, -0.05) is 6.07 Å². The van der Waals surface area contributed by atoms with Crippen molar-refractivity contribution < 1.29 is 18.4 Å². The molecule has 1 saturated heterocycles. The van der Waals surface area contributed by atoms with Gasteiger partial charge in [-0.15, -0.1) is 12.4 Å². The normalized spacial score (nSPS) is 21.2. The van der Waals surface area contributed by atoms with Crippen molar-refractivity contribution in [1.29, 1.82) is 0 Å². The zero-order valence-corrected chi connectivity index (χ0v) is 15.3. The molecule has 0 saturated carbocycles. The Bertz CT molecular complexity index is 630. The molecule has 25 heavy (non-hydrogen) atoms. The summed E-state index contributed by atoms with van der Waals surface area (Å²) in [5, 5.41) is 5.87. The predicted octanol–water partition coefficient (Wildman–Crippen LogP) is 2.16. The Morgan fingerprint density at radius 1 is 1.36 bits per heavy atom. The first-order valence-electron chi connectivity index (χ1n) is 8.04. The highest BCUT2D eigenvalue weighted by Crippen LogP contribution is 2.23. The van der Waals surface area contributed by atoms with Gasteiger partial charge in [0.05, 0.1) is 12.5 Å². The lowest BCUT2D eigenvalue weighted by atomic mass is 10.00. The van der Waals surface area contributed by atoms with Crippen molar-refractivity contribution >= 4 is 24.2 Å². The van der Waals surface area contributed by atoms with Crippen molar-refractivity contribution in [2.75, 3.05) is 13.1 Å². The number of carbonyl (C=O) groups excluding carboxylic acids is 2. The number of hydrogen-bond donors (Lipinski definition) is 2. The molecule has 2 amide bonds. The van der Waals surface area contributed by atoms with Gasteiger partial charge in [-0.2, -0.15) is 0 Å². The van der Waals surface area contributed by atoms with Crippen LogP contribution in [0, 0.1) is 11.6 Å². The molecule has 1 aromatic carbocycles. The van der Waals surface area contributed by atoms with Crippen LogP contribution in [0.4, 0.5) is 8.78 Å². The first-order valence-corrected chi connectivity index (χ1v) is 8.04. The van der Waals surface area contributed by atoms with Crippen LogP contribution in [0.15, 0.2) is 18.2 Å². The molecule has 2 N–H and O–H groups in total. The number of benzene rings is 1. The average Bonchev–Trinajstić information content (AvgIpc) is 2.48. The molecular weight excluding hydrogens is 352 g/mol. The van der Waals surface area contributed by atoms with Crippen LogP contribution < -0.4 is 10.6 Å². The molecule has 8 heteroatoms. The van der Waals surface area contributed by atoms with E-state index < -0.39 is 17.7 Å². The molecule has 3 atom stereocenters. The van der Waals surface area contributed by atoms with E-state index in [9.17, 15) is 18.4 Å². The Morgan fingerprint density at radius 2 is 2.04 bits per heavy atom. The van der Waals surface area contributed by atoms with Crippen molar-refractivity contribution in [2.24, 2.45) is 0 Å². The Hall–Kier alpha value is -1.73. The van der Waals surface area contributed by atoms with E-state index in [2.05, 4.69) is 10.6 Å². The van der Waals surface area contributed by atoms with E-state index in [0.29, 0.717) is 13.1 Å². The molecule has 1 aliphatic rings. The molecule has 2 rings (SSSR count). The van der Waals surface area contributed by atoms with E-state index in [-0.39, 0.29) is 48.3 Å². The van der Waals surface area contributed by atoms with Crippen LogP contribution >= 0.6 is 12.4 Å². The van der Waals surface area contributed by atoms with E-state index in [0.717, 1.165) is 12.1 Å². The van der Waals surface area contributed by atoms with Gasteiger partial charge in [0.25, 0.3) is 0 Å². The Labute approximate surface area is 152 Å². The van der Waals surface area contributed by atoms with Gasteiger partial charge in [-0.05, 0) is 19.9 Å². The molecule has 140 valence electrons. The largest absolute Gasteiger partial charge is 0.349 e. The number of amides is 2. The zero-order chi connectivity index (χ0) is 17.9. The second-order valence-corrected chi connectivity index (χ2v) is 6.19. The molecule has 0 bridgehead atoms. The van der Waals surface area contributed by atoms with E-state index >= 15 is 0 Å². The van der Waals surface area contributed by atoms with Gasteiger partial charge in [-0.3, -0.25) is 9.59 Å². The number of carbonyl (C=O) groups is 2. The third kappa shape index (κ3) is 5.37. The second-order valence-electron chi connectivity index (χ2n) is 6.19. The molecule has 1 aromatic rings. The van der Waals surface area contributed by atoms with Crippen LogP contribution in [0.2, 0.25) is 0 Å². The molecule has 1 aliphatic heterocycles. The summed E-state index contributed by atoms with van der Waals surface area (Å²) in [6.45, 7) is 6.49. The lowest BCUT2D eigenvalue weighted by molar-refractivity contribution is -0.135.